The Bertz CT molecular complexity index is 536. The average molecular weight is 257 g/mol. The van der Waals surface area contributed by atoms with Crippen molar-refractivity contribution < 1.29 is 4.74 Å². The Morgan fingerprint density at radius 2 is 2.42 bits per heavy atom. The summed E-state index contributed by atoms with van der Waals surface area (Å²) in [4.78, 5) is 7.34. The van der Waals surface area contributed by atoms with E-state index in [4.69, 9.17) is 4.74 Å². The zero-order chi connectivity index (χ0) is 13.1. The molecule has 1 aliphatic heterocycles. The molecule has 1 aliphatic rings. The number of nitrogens with zero attached hydrogens (tertiary/aromatic N) is 1. The number of fused-ring (bicyclic) bond motifs is 1. The van der Waals surface area contributed by atoms with Crippen LogP contribution in [0.4, 0.5) is 0 Å². The van der Waals surface area contributed by atoms with Crippen molar-refractivity contribution >= 4 is 0 Å². The number of aromatic nitrogens is 2. The van der Waals surface area contributed by atoms with Crippen molar-refractivity contribution in [3.8, 4) is 5.75 Å². The van der Waals surface area contributed by atoms with E-state index in [1.54, 1.807) is 6.20 Å². The Morgan fingerprint density at radius 1 is 1.47 bits per heavy atom. The number of H-pyrrole nitrogens is 1. The maximum atomic E-state index is 5.53. The summed E-state index contributed by atoms with van der Waals surface area (Å²) in [5.41, 5.74) is 2.65. The molecule has 19 heavy (non-hydrogen) atoms. The highest BCUT2D eigenvalue weighted by Crippen LogP contribution is 2.27. The Morgan fingerprint density at radius 3 is 3.26 bits per heavy atom. The summed E-state index contributed by atoms with van der Waals surface area (Å²) in [6, 6.07) is 6.84. The third-order valence-electron chi connectivity index (χ3n) is 3.58. The minimum atomic E-state index is 0.348. The molecule has 0 spiro atoms. The van der Waals surface area contributed by atoms with Gasteiger partial charge >= 0.3 is 0 Å². The standard InChI is InChI=1S/C15H19N3O/c1-11(16-6-4-15-17-7-8-18-15)12-2-3-14-13(10-12)5-9-19-14/h2-3,7-8,10-11,16H,4-6,9H2,1H3,(H,17,18). The van der Waals surface area contributed by atoms with E-state index in [0.29, 0.717) is 6.04 Å². The molecule has 0 saturated heterocycles. The van der Waals surface area contributed by atoms with Gasteiger partial charge in [0.1, 0.15) is 11.6 Å². The molecule has 4 nitrogen and oxygen atoms in total. The zero-order valence-electron chi connectivity index (χ0n) is 11.1. The van der Waals surface area contributed by atoms with Crippen LogP contribution in [0.1, 0.15) is 29.9 Å². The molecule has 2 aromatic rings. The number of benzene rings is 1. The normalized spacial score (nSPS) is 15.0. The molecule has 2 heterocycles. The minimum absolute atomic E-state index is 0.348. The zero-order valence-corrected chi connectivity index (χ0v) is 11.1. The van der Waals surface area contributed by atoms with Crippen LogP contribution in [0, 0.1) is 0 Å². The van der Waals surface area contributed by atoms with E-state index in [-0.39, 0.29) is 0 Å². The van der Waals surface area contributed by atoms with Gasteiger partial charge in [-0.15, -0.1) is 0 Å². The van der Waals surface area contributed by atoms with E-state index in [0.717, 1.165) is 37.6 Å². The number of hydrogen-bond donors (Lipinski definition) is 2. The molecule has 0 fully saturated rings. The molecule has 4 heteroatoms. The topological polar surface area (TPSA) is 49.9 Å². The van der Waals surface area contributed by atoms with Crippen molar-refractivity contribution in [1.29, 1.82) is 0 Å². The number of aromatic amines is 1. The van der Waals surface area contributed by atoms with Gasteiger partial charge in [-0.25, -0.2) is 4.98 Å². The lowest BCUT2D eigenvalue weighted by Crippen LogP contribution is -2.21. The number of nitrogens with one attached hydrogen (secondary N) is 2. The highest BCUT2D eigenvalue weighted by molar-refractivity contribution is 5.40. The van der Waals surface area contributed by atoms with Crippen LogP contribution in [0.5, 0.6) is 5.75 Å². The van der Waals surface area contributed by atoms with Crippen molar-refractivity contribution in [2.24, 2.45) is 0 Å². The van der Waals surface area contributed by atoms with E-state index in [1.165, 1.54) is 11.1 Å². The fraction of sp³-hybridized carbons (Fsp3) is 0.400. The van der Waals surface area contributed by atoms with Crippen LogP contribution in [0.3, 0.4) is 0 Å². The molecule has 0 aliphatic carbocycles. The van der Waals surface area contributed by atoms with Crippen LogP contribution < -0.4 is 10.1 Å². The maximum Gasteiger partial charge on any atom is 0.122 e. The fourth-order valence-corrected chi connectivity index (χ4v) is 2.44. The van der Waals surface area contributed by atoms with Crippen LogP contribution in [0.15, 0.2) is 30.6 Å². The van der Waals surface area contributed by atoms with Crippen molar-refractivity contribution in [1.82, 2.24) is 15.3 Å². The lowest BCUT2D eigenvalue weighted by Gasteiger charge is -2.14. The van der Waals surface area contributed by atoms with Gasteiger partial charge in [-0.05, 0) is 24.1 Å². The smallest absolute Gasteiger partial charge is 0.122 e. The molecule has 1 aromatic heterocycles. The number of imidazole rings is 1. The van der Waals surface area contributed by atoms with Gasteiger partial charge in [-0.3, -0.25) is 0 Å². The Kier molecular flexibility index (Phi) is 3.51. The van der Waals surface area contributed by atoms with Crippen molar-refractivity contribution in [2.45, 2.75) is 25.8 Å². The number of hydrogen-bond acceptors (Lipinski definition) is 3. The second kappa shape index (κ2) is 5.45. The summed E-state index contributed by atoms with van der Waals surface area (Å²) < 4.78 is 5.53. The molecule has 100 valence electrons. The first kappa shape index (κ1) is 12.2. The first-order valence-electron chi connectivity index (χ1n) is 6.80. The van der Waals surface area contributed by atoms with Gasteiger partial charge in [-0.1, -0.05) is 12.1 Å². The van der Waals surface area contributed by atoms with E-state index >= 15 is 0 Å². The molecular formula is C15H19N3O. The quantitative estimate of drug-likeness (QED) is 0.863. The van der Waals surface area contributed by atoms with Gasteiger partial charge in [0, 0.05) is 37.8 Å². The Hall–Kier alpha value is -1.81. The summed E-state index contributed by atoms with van der Waals surface area (Å²) >= 11 is 0. The minimum Gasteiger partial charge on any atom is -0.493 e. The number of ether oxygens (including phenoxy) is 1. The van der Waals surface area contributed by atoms with Gasteiger partial charge in [0.25, 0.3) is 0 Å². The third kappa shape index (κ3) is 2.79. The molecular weight excluding hydrogens is 238 g/mol. The van der Waals surface area contributed by atoms with Crippen LogP contribution in [0.2, 0.25) is 0 Å². The van der Waals surface area contributed by atoms with Gasteiger partial charge < -0.3 is 15.0 Å². The molecule has 0 amide bonds. The first-order valence-corrected chi connectivity index (χ1v) is 6.80. The monoisotopic (exact) mass is 257 g/mol. The van der Waals surface area contributed by atoms with E-state index in [9.17, 15) is 0 Å². The maximum absolute atomic E-state index is 5.53. The summed E-state index contributed by atoms with van der Waals surface area (Å²) in [7, 11) is 0. The van der Waals surface area contributed by atoms with E-state index in [2.05, 4.69) is 40.4 Å². The van der Waals surface area contributed by atoms with Gasteiger partial charge in [0.05, 0.1) is 6.61 Å². The summed E-state index contributed by atoms with van der Waals surface area (Å²) in [6.45, 7) is 3.93. The fourth-order valence-electron chi connectivity index (χ4n) is 2.44. The van der Waals surface area contributed by atoms with Gasteiger partial charge in [-0.2, -0.15) is 0 Å². The van der Waals surface area contributed by atoms with E-state index in [1.807, 2.05) is 6.20 Å². The molecule has 1 atom stereocenters. The van der Waals surface area contributed by atoms with Gasteiger partial charge in [0.2, 0.25) is 0 Å². The SMILES string of the molecule is CC(NCCc1ncc[nH]1)c1ccc2c(c1)CCO2. The van der Waals surface area contributed by atoms with Crippen LogP contribution in [-0.4, -0.2) is 23.1 Å². The molecule has 0 bridgehead atoms. The summed E-state index contributed by atoms with van der Waals surface area (Å²) in [6.07, 6.45) is 5.60. The predicted molar refractivity (Wildman–Crippen MR) is 74.4 cm³/mol. The van der Waals surface area contributed by atoms with Crippen LogP contribution in [-0.2, 0) is 12.8 Å². The third-order valence-corrected chi connectivity index (χ3v) is 3.58. The molecule has 1 aromatic carbocycles. The Labute approximate surface area is 113 Å². The highest BCUT2D eigenvalue weighted by atomic mass is 16.5. The van der Waals surface area contributed by atoms with Crippen molar-refractivity contribution in [3.05, 3.63) is 47.5 Å². The average Bonchev–Trinajstić information content (AvgIpc) is 3.08. The van der Waals surface area contributed by atoms with Crippen LogP contribution in [0.25, 0.3) is 0 Å². The first-order chi connectivity index (χ1) is 9.33. The van der Waals surface area contributed by atoms with Crippen molar-refractivity contribution in [2.75, 3.05) is 13.2 Å². The largest absolute Gasteiger partial charge is 0.493 e. The molecule has 3 rings (SSSR count). The van der Waals surface area contributed by atoms with Gasteiger partial charge in [0.15, 0.2) is 0 Å². The number of rotatable bonds is 5. The molecule has 0 radical (unpaired) electrons. The summed E-state index contributed by atoms with van der Waals surface area (Å²) in [5.74, 6) is 2.08. The predicted octanol–water partition coefficient (Wildman–Crippen LogP) is 2.24. The van der Waals surface area contributed by atoms with Crippen molar-refractivity contribution in [3.63, 3.8) is 0 Å². The lowest BCUT2D eigenvalue weighted by atomic mass is 10.0. The summed E-state index contributed by atoms with van der Waals surface area (Å²) in [5, 5.41) is 3.53. The molecule has 1 unspecified atom stereocenters. The highest BCUT2D eigenvalue weighted by Gasteiger charge is 2.14. The lowest BCUT2D eigenvalue weighted by molar-refractivity contribution is 0.356. The molecule has 0 saturated carbocycles. The Balaban J connectivity index is 1.56. The second-order valence-corrected chi connectivity index (χ2v) is 4.93. The molecule has 2 N–H and O–H groups in total. The second-order valence-electron chi connectivity index (χ2n) is 4.93. The van der Waals surface area contributed by atoms with E-state index < -0.39 is 0 Å². The van der Waals surface area contributed by atoms with Crippen LogP contribution >= 0.6 is 0 Å².